The quantitative estimate of drug-likeness (QED) is 0.544. The number of rotatable bonds is 5. The number of hydrogen-bond donors (Lipinski definition) is 1. The molecule has 0 spiro atoms. The zero-order valence-electron chi connectivity index (χ0n) is 19.0. The lowest BCUT2D eigenvalue weighted by Crippen LogP contribution is -2.59. The number of hydrogen-bond acceptors (Lipinski definition) is 2. The van der Waals surface area contributed by atoms with Gasteiger partial charge in [0.1, 0.15) is 0 Å². The maximum atomic E-state index is 11.9. The maximum absolute atomic E-state index is 11.9. The second-order valence-corrected chi connectivity index (χ2v) is 12.4. The number of amides is 1. The van der Waals surface area contributed by atoms with Crippen molar-refractivity contribution in [2.75, 3.05) is 0 Å². The van der Waals surface area contributed by atoms with Gasteiger partial charge >= 0.3 is 0 Å². The normalized spacial score (nSPS) is 43.4. The van der Waals surface area contributed by atoms with E-state index in [1.807, 2.05) is 17.4 Å². The largest absolute Gasteiger partial charge is 0.349 e. The van der Waals surface area contributed by atoms with Gasteiger partial charge in [0.2, 0.25) is 5.91 Å². The van der Waals surface area contributed by atoms with Gasteiger partial charge in [-0.25, -0.2) is 0 Å². The lowest BCUT2D eigenvalue weighted by Gasteiger charge is -2.59. The highest BCUT2D eigenvalue weighted by molar-refractivity contribution is 7.10. The van der Waals surface area contributed by atoms with E-state index in [9.17, 15) is 4.79 Å². The van der Waals surface area contributed by atoms with Gasteiger partial charge in [-0.05, 0) is 104 Å². The summed E-state index contributed by atoms with van der Waals surface area (Å²) in [6.07, 6.45) is 16.4. The Morgan fingerprint density at radius 2 is 2.03 bits per heavy atom. The van der Waals surface area contributed by atoms with Crippen molar-refractivity contribution < 1.29 is 4.79 Å². The van der Waals surface area contributed by atoms with Crippen LogP contribution in [0.4, 0.5) is 0 Å². The molecule has 164 valence electrons. The van der Waals surface area contributed by atoms with E-state index in [2.05, 4.69) is 49.7 Å². The number of carbonyl (C=O) groups is 1. The molecule has 1 N–H and O–H groups in total. The summed E-state index contributed by atoms with van der Waals surface area (Å²) in [5.74, 6) is 4.28. The molecule has 2 nitrogen and oxygen atoms in total. The van der Waals surface area contributed by atoms with Crippen molar-refractivity contribution in [1.82, 2.24) is 5.32 Å². The average molecular weight is 426 g/mol. The van der Waals surface area contributed by atoms with Crippen molar-refractivity contribution in [3.63, 3.8) is 0 Å². The summed E-state index contributed by atoms with van der Waals surface area (Å²) in [6, 6.07) is 4.86. The maximum Gasteiger partial charge on any atom is 0.243 e. The molecule has 1 amide bonds. The van der Waals surface area contributed by atoms with Crippen molar-refractivity contribution >= 4 is 17.2 Å². The van der Waals surface area contributed by atoms with Crippen LogP contribution in [0.2, 0.25) is 0 Å². The molecule has 5 rings (SSSR count). The van der Waals surface area contributed by atoms with Crippen LogP contribution in [0.25, 0.3) is 0 Å². The van der Waals surface area contributed by atoms with Gasteiger partial charge in [-0.3, -0.25) is 4.79 Å². The molecule has 3 heteroatoms. The monoisotopic (exact) mass is 425 g/mol. The molecule has 30 heavy (non-hydrogen) atoms. The first-order valence-corrected chi connectivity index (χ1v) is 13.3. The van der Waals surface area contributed by atoms with Crippen LogP contribution in [0.5, 0.6) is 0 Å². The molecule has 3 fully saturated rings. The van der Waals surface area contributed by atoms with Crippen LogP contribution in [0.3, 0.4) is 0 Å². The van der Waals surface area contributed by atoms with Gasteiger partial charge in [0.25, 0.3) is 0 Å². The van der Waals surface area contributed by atoms with Gasteiger partial charge in [0, 0.05) is 16.3 Å². The van der Waals surface area contributed by atoms with Crippen LogP contribution in [-0.2, 0) is 4.79 Å². The fourth-order valence-electron chi connectivity index (χ4n) is 8.30. The Hall–Kier alpha value is -1.09. The highest BCUT2D eigenvalue weighted by atomic mass is 32.1. The highest BCUT2D eigenvalue weighted by Crippen LogP contribution is 2.65. The van der Waals surface area contributed by atoms with Gasteiger partial charge in [0.05, 0.1) is 0 Å². The predicted octanol–water partition coefficient (Wildman–Crippen LogP) is 6.94. The molecular formula is C27H39NOS. The first-order chi connectivity index (χ1) is 14.4. The summed E-state index contributed by atoms with van der Waals surface area (Å²) in [4.78, 5) is 13.5. The zero-order valence-corrected chi connectivity index (χ0v) is 19.8. The van der Waals surface area contributed by atoms with Crippen LogP contribution in [0.1, 0.15) is 89.4 Å². The topological polar surface area (TPSA) is 29.1 Å². The SMILES string of the molecule is CC(CCCC1CC[C@H]2[C@@H]3CCC4NC(=O)C=C[C@]4(C)[C@@H]3CC[C@]12C)c1cccs1. The summed E-state index contributed by atoms with van der Waals surface area (Å²) >= 11 is 1.92. The molecule has 1 aromatic heterocycles. The summed E-state index contributed by atoms with van der Waals surface area (Å²) in [5.41, 5.74) is 0.727. The fraction of sp³-hybridized carbons (Fsp3) is 0.741. The second kappa shape index (κ2) is 7.80. The minimum Gasteiger partial charge on any atom is -0.349 e. The minimum absolute atomic E-state index is 0.120. The smallest absolute Gasteiger partial charge is 0.243 e. The molecule has 3 aliphatic carbocycles. The molecule has 0 bridgehead atoms. The lowest BCUT2D eigenvalue weighted by atomic mass is 9.48. The van der Waals surface area contributed by atoms with E-state index in [1.54, 1.807) is 4.88 Å². The molecule has 8 atom stereocenters. The van der Waals surface area contributed by atoms with Crippen LogP contribution < -0.4 is 5.32 Å². The molecule has 4 aliphatic rings. The van der Waals surface area contributed by atoms with Crippen molar-refractivity contribution in [2.45, 2.75) is 90.5 Å². The van der Waals surface area contributed by atoms with E-state index in [-0.39, 0.29) is 11.3 Å². The van der Waals surface area contributed by atoms with E-state index in [1.165, 1.54) is 57.8 Å². The first-order valence-electron chi connectivity index (χ1n) is 12.4. The Morgan fingerprint density at radius 3 is 2.83 bits per heavy atom. The van der Waals surface area contributed by atoms with Gasteiger partial charge in [-0.1, -0.05) is 39.3 Å². The second-order valence-electron chi connectivity index (χ2n) is 11.4. The Morgan fingerprint density at radius 1 is 1.17 bits per heavy atom. The van der Waals surface area contributed by atoms with Crippen molar-refractivity contribution in [2.24, 2.45) is 34.5 Å². The number of nitrogens with one attached hydrogen (secondary N) is 1. The summed E-state index contributed by atoms with van der Waals surface area (Å²) in [6.45, 7) is 7.50. The zero-order chi connectivity index (χ0) is 20.9. The molecule has 3 unspecified atom stereocenters. The number of thiophene rings is 1. The van der Waals surface area contributed by atoms with E-state index < -0.39 is 0 Å². The fourth-order valence-corrected chi connectivity index (χ4v) is 9.12. The van der Waals surface area contributed by atoms with Crippen molar-refractivity contribution in [1.29, 1.82) is 0 Å². The molecule has 2 heterocycles. The third-order valence-electron chi connectivity index (χ3n) is 10.1. The molecule has 0 saturated heterocycles. The molecule has 0 aromatic carbocycles. The van der Waals surface area contributed by atoms with Crippen LogP contribution in [0.15, 0.2) is 29.7 Å². The van der Waals surface area contributed by atoms with Gasteiger partial charge in [-0.15, -0.1) is 11.3 Å². The minimum atomic E-state index is 0.120. The predicted molar refractivity (Wildman–Crippen MR) is 126 cm³/mol. The Labute approximate surface area is 186 Å². The molecule has 1 aromatic rings. The van der Waals surface area contributed by atoms with Crippen LogP contribution in [-0.4, -0.2) is 11.9 Å². The van der Waals surface area contributed by atoms with Crippen LogP contribution in [0, 0.1) is 34.5 Å². The van der Waals surface area contributed by atoms with E-state index in [0.717, 1.165) is 23.7 Å². The summed E-state index contributed by atoms with van der Waals surface area (Å²) in [7, 11) is 0. The lowest BCUT2D eigenvalue weighted by molar-refractivity contribution is -0.122. The summed E-state index contributed by atoms with van der Waals surface area (Å²) < 4.78 is 0. The van der Waals surface area contributed by atoms with Crippen molar-refractivity contribution in [3.05, 3.63) is 34.5 Å². The number of carbonyl (C=O) groups excluding carboxylic acids is 1. The highest BCUT2D eigenvalue weighted by Gasteiger charge is 2.59. The van der Waals surface area contributed by atoms with Crippen LogP contribution >= 0.6 is 11.3 Å². The Balaban J connectivity index is 1.25. The van der Waals surface area contributed by atoms with Crippen molar-refractivity contribution in [3.8, 4) is 0 Å². The van der Waals surface area contributed by atoms with E-state index >= 15 is 0 Å². The Kier molecular flexibility index (Phi) is 5.40. The molecule has 0 radical (unpaired) electrons. The third-order valence-corrected chi connectivity index (χ3v) is 11.2. The average Bonchev–Trinajstić information content (AvgIpc) is 3.37. The first kappa shape index (κ1) is 20.8. The van der Waals surface area contributed by atoms with Gasteiger partial charge in [-0.2, -0.15) is 0 Å². The number of fused-ring (bicyclic) bond motifs is 5. The Bertz CT molecular complexity index is 800. The van der Waals surface area contributed by atoms with E-state index in [4.69, 9.17) is 0 Å². The standard InChI is InChI=1S/C27H39NOS/c1-18(23-8-5-17-30-23)6-4-7-19-9-11-21-20-10-12-24-27(3,16-14-25(29)28-24)22(20)13-15-26(19,21)2/h5,8,14,16-22,24H,4,6-7,9-13,15H2,1-3H3,(H,28,29)/t18?,19?,20-,21-,22+,24?,26+,27+/m0/s1. The molecule has 3 saturated carbocycles. The summed E-state index contributed by atoms with van der Waals surface area (Å²) in [5, 5.41) is 5.51. The van der Waals surface area contributed by atoms with Gasteiger partial charge in [0.15, 0.2) is 0 Å². The van der Waals surface area contributed by atoms with Gasteiger partial charge < -0.3 is 5.32 Å². The molecular weight excluding hydrogens is 386 g/mol. The molecule has 1 aliphatic heterocycles. The van der Waals surface area contributed by atoms with E-state index in [0.29, 0.717) is 17.4 Å². The third kappa shape index (κ3) is 3.31.